The molecule has 1 N–H and O–H groups in total. The zero-order valence-electron chi connectivity index (χ0n) is 15.0. The van der Waals surface area contributed by atoms with Crippen LogP contribution in [0.2, 0.25) is 0 Å². The number of aromatic hydroxyl groups is 1. The van der Waals surface area contributed by atoms with E-state index in [0.29, 0.717) is 11.2 Å². The Morgan fingerprint density at radius 2 is 1.68 bits per heavy atom. The fourth-order valence-corrected chi connectivity index (χ4v) is 4.24. The first-order chi connectivity index (χ1) is 10.4. The van der Waals surface area contributed by atoms with Crippen LogP contribution in [-0.2, 0) is 6.42 Å². The van der Waals surface area contributed by atoms with Crippen molar-refractivity contribution in [3.8, 4) is 5.75 Å². The summed E-state index contributed by atoms with van der Waals surface area (Å²) < 4.78 is 0. The number of phenols is 1. The van der Waals surface area contributed by atoms with E-state index in [1.807, 2.05) is 12.1 Å². The first-order valence-corrected chi connectivity index (χ1v) is 9.22. The Labute approximate surface area is 137 Å². The zero-order valence-corrected chi connectivity index (χ0v) is 15.0. The molecule has 1 aliphatic rings. The highest BCUT2D eigenvalue weighted by Gasteiger charge is 2.40. The van der Waals surface area contributed by atoms with Crippen LogP contribution in [-0.4, -0.2) is 5.11 Å². The molecule has 0 aromatic heterocycles. The van der Waals surface area contributed by atoms with Gasteiger partial charge < -0.3 is 5.11 Å². The SMILES string of the molecule is Cc1ccc(O)cc1CCCCCCC1(C)C(C)CCC1C. The number of benzene rings is 1. The van der Waals surface area contributed by atoms with Crippen LogP contribution in [0, 0.1) is 24.2 Å². The van der Waals surface area contributed by atoms with E-state index in [1.54, 1.807) is 6.07 Å². The van der Waals surface area contributed by atoms with Crippen LogP contribution in [0.15, 0.2) is 18.2 Å². The summed E-state index contributed by atoms with van der Waals surface area (Å²) in [5.41, 5.74) is 3.20. The van der Waals surface area contributed by atoms with Crippen LogP contribution < -0.4 is 0 Å². The van der Waals surface area contributed by atoms with E-state index in [4.69, 9.17) is 0 Å². The summed E-state index contributed by atoms with van der Waals surface area (Å²) in [4.78, 5) is 0. The molecule has 1 heteroatoms. The summed E-state index contributed by atoms with van der Waals surface area (Å²) in [6, 6.07) is 5.73. The lowest BCUT2D eigenvalue weighted by molar-refractivity contribution is 0.158. The summed E-state index contributed by atoms with van der Waals surface area (Å²) in [5, 5.41) is 9.58. The minimum Gasteiger partial charge on any atom is -0.508 e. The number of hydrogen-bond acceptors (Lipinski definition) is 1. The van der Waals surface area contributed by atoms with E-state index in [1.165, 1.54) is 56.1 Å². The molecule has 22 heavy (non-hydrogen) atoms. The van der Waals surface area contributed by atoms with Crippen molar-refractivity contribution in [1.82, 2.24) is 0 Å². The molecule has 2 atom stereocenters. The van der Waals surface area contributed by atoms with Crippen molar-refractivity contribution in [3.63, 3.8) is 0 Å². The van der Waals surface area contributed by atoms with E-state index in [2.05, 4.69) is 27.7 Å². The smallest absolute Gasteiger partial charge is 0.115 e. The molecular formula is C21H34O. The Hall–Kier alpha value is -0.980. The van der Waals surface area contributed by atoms with Crippen molar-refractivity contribution < 1.29 is 5.11 Å². The Bertz CT molecular complexity index is 467. The highest BCUT2D eigenvalue weighted by atomic mass is 16.3. The molecule has 0 aliphatic heterocycles. The molecule has 2 unspecified atom stereocenters. The van der Waals surface area contributed by atoms with Gasteiger partial charge in [-0.1, -0.05) is 46.1 Å². The van der Waals surface area contributed by atoms with Crippen LogP contribution in [0.5, 0.6) is 5.75 Å². The van der Waals surface area contributed by atoms with Crippen molar-refractivity contribution in [3.05, 3.63) is 29.3 Å². The molecule has 0 heterocycles. The fourth-order valence-electron chi connectivity index (χ4n) is 4.24. The van der Waals surface area contributed by atoms with Crippen LogP contribution >= 0.6 is 0 Å². The molecule has 1 aromatic rings. The number of unbranched alkanes of at least 4 members (excludes halogenated alkanes) is 3. The molecule has 0 radical (unpaired) electrons. The van der Waals surface area contributed by atoms with Crippen molar-refractivity contribution >= 4 is 0 Å². The normalized spacial score (nSPS) is 28.2. The van der Waals surface area contributed by atoms with E-state index in [9.17, 15) is 5.11 Å². The van der Waals surface area contributed by atoms with Gasteiger partial charge in [-0.2, -0.15) is 0 Å². The number of rotatable bonds is 7. The quantitative estimate of drug-likeness (QED) is 0.589. The van der Waals surface area contributed by atoms with E-state index in [0.717, 1.165) is 18.3 Å². The monoisotopic (exact) mass is 302 g/mol. The minimum atomic E-state index is 0.401. The number of hydrogen-bond donors (Lipinski definition) is 1. The van der Waals surface area contributed by atoms with Crippen molar-refractivity contribution in [2.75, 3.05) is 0 Å². The van der Waals surface area contributed by atoms with Crippen LogP contribution in [0.25, 0.3) is 0 Å². The second-order valence-corrected chi connectivity index (χ2v) is 7.91. The Morgan fingerprint density at radius 1 is 1.05 bits per heavy atom. The standard InChI is InChI=1S/C21H34O/c1-16-10-13-20(22)15-19(16)9-7-5-6-8-14-21(4)17(2)11-12-18(21)3/h10,13,15,17-18,22H,5-9,11-12,14H2,1-4H3. The molecule has 1 aliphatic carbocycles. The average Bonchev–Trinajstić information content (AvgIpc) is 2.74. The topological polar surface area (TPSA) is 20.2 Å². The summed E-state index contributed by atoms with van der Waals surface area (Å²) in [7, 11) is 0. The fraction of sp³-hybridized carbons (Fsp3) is 0.714. The third-order valence-electron chi connectivity index (χ3n) is 6.53. The summed E-state index contributed by atoms with van der Waals surface area (Å²) >= 11 is 0. The third-order valence-corrected chi connectivity index (χ3v) is 6.53. The molecule has 1 aromatic carbocycles. The lowest BCUT2D eigenvalue weighted by Gasteiger charge is -2.34. The van der Waals surface area contributed by atoms with Gasteiger partial charge in [-0.05, 0) is 79.5 Å². The van der Waals surface area contributed by atoms with Crippen LogP contribution in [0.3, 0.4) is 0 Å². The maximum Gasteiger partial charge on any atom is 0.115 e. The van der Waals surface area contributed by atoms with Gasteiger partial charge in [-0.25, -0.2) is 0 Å². The largest absolute Gasteiger partial charge is 0.508 e. The number of aryl methyl sites for hydroxylation is 2. The Balaban J connectivity index is 1.67. The summed E-state index contributed by atoms with van der Waals surface area (Å²) in [6.07, 6.45) is 10.6. The number of phenolic OH excluding ortho intramolecular Hbond substituents is 1. The maximum absolute atomic E-state index is 9.58. The molecule has 0 bridgehead atoms. The molecule has 1 saturated carbocycles. The zero-order chi connectivity index (χ0) is 16.2. The highest BCUT2D eigenvalue weighted by molar-refractivity contribution is 5.33. The van der Waals surface area contributed by atoms with Gasteiger partial charge in [-0.15, -0.1) is 0 Å². The first-order valence-electron chi connectivity index (χ1n) is 9.22. The molecular weight excluding hydrogens is 268 g/mol. The predicted molar refractivity (Wildman–Crippen MR) is 95.3 cm³/mol. The summed E-state index contributed by atoms with van der Waals surface area (Å²) in [5.74, 6) is 2.20. The third kappa shape index (κ3) is 4.06. The highest BCUT2D eigenvalue weighted by Crippen LogP contribution is 2.50. The molecule has 124 valence electrons. The van der Waals surface area contributed by atoms with Gasteiger partial charge in [0.2, 0.25) is 0 Å². The van der Waals surface area contributed by atoms with Gasteiger partial charge in [0, 0.05) is 0 Å². The van der Waals surface area contributed by atoms with E-state index in [-0.39, 0.29) is 0 Å². The predicted octanol–water partition coefficient (Wildman–Crippen LogP) is 6.27. The van der Waals surface area contributed by atoms with Crippen molar-refractivity contribution in [2.24, 2.45) is 17.3 Å². The van der Waals surface area contributed by atoms with Crippen LogP contribution in [0.4, 0.5) is 0 Å². The second-order valence-electron chi connectivity index (χ2n) is 7.91. The van der Waals surface area contributed by atoms with Gasteiger partial charge in [0.1, 0.15) is 5.75 Å². The lowest BCUT2D eigenvalue weighted by Crippen LogP contribution is -2.25. The maximum atomic E-state index is 9.58. The molecule has 0 amide bonds. The molecule has 0 saturated heterocycles. The molecule has 1 fully saturated rings. The van der Waals surface area contributed by atoms with Gasteiger partial charge in [0.15, 0.2) is 0 Å². The Morgan fingerprint density at radius 3 is 2.36 bits per heavy atom. The van der Waals surface area contributed by atoms with Crippen molar-refractivity contribution in [2.45, 2.75) is 79.1 Å². The van der Waals surface area contributed by atoms with E-state index >= 15 is 0 Å². The first kappa shape index (κ1) is 17.4. The Kier molecular flexibility index (Phi) is 5.94. The minimum absolute atomic E-state index is 0.401. The van der Waals surface area contributed by atoms with Gasteiger partial charge in [0.05, 0.1) is 0 Å². The molecule has 2 rings (SSSR count). The van der Waals surface area contributed by atoms with Crippen molar-refractivity contribution in [1.29, 1.82) is 0 Å². The summed E-state index contributed by atoms with van der Waals surface area (Å²) in [6.45, 7) is 9.56. The lowest BCUT2D eigenvalue weighted by atomic mass is 9.71. The molecule has 1 nitrogen and oxygen atoms in total. The van der Waals surface area contributed by atoms with E-state index < -0.39 is 0 Å². The van der Waals surface area contributed by atoms with Gasteiger partial charge in [-0.3, -0.25) is 0 Å². The second kappa shape index (κ2) is 7.53. The van der Waals surface area contributed by atoms with Crippen LogP contribution in [0.1, 0.15) is 76.8 Å². The average molecular weight is 303 g/mol. The molecule has 0 spiro atoms. The van der Waals surface area contributed by atoms with Gasteiger partial charge in [0.25, 0.3) is 0 Å². The van der Waals surface area contributed by atoms with Gasteiger partial charge >= 0.3 is 0 Å².